The third kappa shape index (κ3) is 3.55. The van der Waals surface area contributed by atoms with E-state index in [2.05, 4.69) is 14.9 Å². The van der Waals surface area contributed by atoms with Crippen molar-refractivity contribution in [2.75, 3.05) is 12.3 Å². The fraction of sp³-hybridized carbons (Fsp3) is 0.250. The summed E-state index contributed by atoms with van der Waals surface area (Å²) in [7, 11) is -3.57. The average Bonchev–Trinajstić information content (AvgIpc) is 2.83. The summed E-state index contributed by atoms with van der Waals surface area (Å²) in [5, 5.41) is 5.99. The molecule has 0 amide bonds. The molecule has 7 heteroatoms. The van der Waals surface area contributed by atoms with Crippen molar-refractivity contribution in [3.8, 4) is 0 Å². The Morgan fingerprint density at radius 2 is 2.00 bits per heavy atom. The number of sulfonamides is 1. The van der Waals surface area contributed by atoms with Crippen LogP contribution in [0.15, 0.2) is 41.4 Å². The molecule has 102 valence electrons. The number of aromatic nitrogens is 2. The van der Waals surface area contributed by atoms with Gasteiger partial charge in [0, 0.05) is 6.54 Å². The van der Waals surface area contributed by atoms with Crippen molar-refractivity contribution in [1.29, 1.82) is 0 Å². The lowest BCUT2D eigenvalue weighted by molar-refractivity contribution is 0.579. The van der Waals surface area contributed by atoms with Gasteiger partial charge in [0.15, 0.2) is 0 Å². The molecule has 2 aromatic rings. The fourth-order valence-electron chi connectivity index (χ4n) is 1.72. The first-order valence-corrected chi connectivity index (χ1v) is 7.40. The summed E-state index contributed by atoms with van der Waals surface area (Å²) < 4.78 is 26.3. The molecule has 0 aliphatic carbocycles. The number of nitrogens with zero attached hydrogens (tertiary/aromatic N) is 1. The SMILES string of the molecule is Nc1[nH]ncc1S(=O)(=O)NCCCc1ccccc1. The van der Waals surface area contributed by atoms with E-state index in [1.54, 1.807) is 0 Å². The summed E-state index contributed by atoms with van der Waals surface area (Å²) in [6, 6.07) is 9.91. The summed E-state index contributed by atoms with van der Waals surface area (Å²) in [6.07, 6.45) is 2.75. The molecular formula is C12H16N4O2S. The number of aryl methyl sites for hydroxylation is 1. The number of nitrogens with one attached hydrogen (secondary N) is 2. The van der Waals surface area contributed by atoms with E-state index in [1.807, 2.05) is 30.3 Å². The van der Waals surface area contributed by atoms with E-state index >= 15 is 0 Å². The fourth-order valence-corrected chi connectivity index (χ4v) is 2.82. The van der Waals surface area contributed by atoms with Crippen LogP contribution in [-0.4, -0.2) is 25.2 Å². The Balaban J connectivity index is 1.85. The topological polar surface area (TPSA) is 101 Å². The molecule has 1 aromatic carbocycles. The molecule has 0 atom stereocenters. The Morgan fingerprint density at radius 1 is 1.26 bits per heavy atom. The van der Waals surface area contributed by atoms with Gasteiger partial charge in [-0.2, -0.15) is 5.10 Å². The molecule has 1 heterocycles. The Labute approximate surface area is 112 Å². The second-order valence-corrected chi connectivity index (χ2v) is 5.87. The van der Waals surface area contributed by atoms with Gasteiger partial charge >= 0.3 is 0 Å². The van der Waals surface area contributed by atoms with Crippen molar-refractivity contribution in [3.05, 3.63) is 42.1 Å². The molecule has 19 heavy (non-hydrogen) atoms. The van der Waals surface area contributed by atoms with Gasteiger partial charge in [-0.15, -0.1) is 0 Å². The number of rotatable bonds is 6. The number of nitrogens with two attached hydrogens (primary N) is 1. The normalized spacial score (nSPS) is 11.6. The number of benzene rings is 1. The Kier molecular flexibility index (Phi) is 4.18. The predicted octanol–water partition coefficient (Wildman–Crippen LogP) is 0.903. The zero-order valence-electron chi connectivity index (χ0n) is 10.3. The van der Waals surface area contributed by atoms with Crippen LogP contribution < -0.4 is 10.5 Å². The molecule has 0 aliphatic rings. The smallest absolute Gasteiger partial charge is 0.245 e. The monoisotopic (exact) mass is 280 g/mol. The summed E-state index contributed by atoms with van der Waals surface area (Å²) in [4.78, 5) is -0.00721. The van der Waals surface area contributed by atoms with E-state index in [9.17, 15) is 8.42 Å². The van der Waals surface area contributed by atoms with Crippen LogP contribution in [0, 0.1) is 0 Å². The Bertz CT molecular complexity index is 622. The van der Waals surface area contributed by atoms with Gasteiger partial charge in [0.05, 0.1) is 6.20 Å². The van der Waals surface area contributed by atoms with Crippen molar-refractivity contribution in [3.63, 3.8) is 0 Å². The van der Waals surface area contributed by atoms with Crippen LogP contribution in [0.1, 0.15) is 12.0 Å². The first-order chi connectivity index (χ1) is 9.09. The number of H-pyrrole nitrogens is 1. The molecule has 0 bridgehead atoms. The molecule has 0 radical (unpaired) electrons. The van der Waals surface area contributed by atoms with Crippen LogP contribution in [0.25, 0.3) is 0 Å². The summed E-state index contributed by atoms with van der Waals surface area (Å²) in [5.74, 6) is 0.0514. The number of nitrogen functional groups attached to an aromatic ring is 1. The highest BCUT2D eigenvalue weighted by Gasteiger charge is 2.18. The Morgan fingerprint density at radius 3 is 2.63 bits per heavy atom. The van der Waals surface area contributed by atoms with E-state index in [0.29, 0.717) is 6.54 Å². The second-order valence-electron chi connectivity index (χ2n) is 4.13. The van der Waals surface area contributed by atoms with Crippen LogP contribution in [0.4, 0.5) is 5.82 Å². The van der Waals surface area contributed by atoms with Crippen molar-refractivity contribution >= 4 is 15.8 Å². The first-order valence-electron chi connectivity index (χ1n) is 5.92. The van der Waals surface area contributed by atoms with E-state index in [4.69, 9.17) is 5.73 Å². The molecule has 2 rings (SSSR count). The minimum Gasteiger partial charge on any atom is -0.383 e. The van der Waals surface area contributed by atoms with Gasteiger partial charge in [0.1, 0.15) is 10.7 Å². The highest BCUT2D eigenvalue weighted by molar-refractivity contribution is 7.89. The van der Waals surface area contributed by atoms with Crippen LogP contribution in [0.5, 0.6) is 0 Å². The highest BCUT2D eigenvalue weighted by Crippen LogP contribution is 2.13. The van der Waals surface area contributed by atoms with E-state index in [-0.39, 0.29) is 10.7 Å². The lowest BCUT2D eigenvalue weighted by atomic mass is 10.1. The molecule has 0 saturated heterocycles. The van der Waals surface area contributed by atoms with Crippen molar-refractivity contribution in [2.45, 2.75) is 17.7 Å². The van der Waals surface area contributed by atoms with Gasteiger partial charge in [-0.25, -0.2) is 13.1 Å². The van der Waals surface area contributed by atoms with Gasteiger partial charge in [-0.3, -0.25) is 5.10 Å². The zero-order valence-corrected chi connectivity index (χ0v) is 11.2. The maximum atomic E-state index is 11.9. The molecular weight excluding hydrogens is 264 g/mol. The molecule has 4 N–H and O–H groups in total. The lowest BCUT2D eigenvalue weighted by Crippen LogP contribution is -2.25. The van der Waals surface area contributed by atoms with E-state index in [0.717, 1.165) is 12.8 Å². The van der Waals surface area contributed by atoms with Crippen LogP contribution in [-0.2, 0) is 16.4 Å². The second kappa shape index (κ2) is 5.85. The number of hydrogen-bond acceptors (Lipinski definition) is 4. The molecule has 0 spiro atoms. The van der Waals surface area contributed by atoms with Gasteiger partial charge in [-0.1, -0.05) is 30.3 Å². The molecule has 0 fully saturated rings. The molecule has 6 nitrogen and oxygen atoms in total. The van der Waals surface area contributed by atoms with E-state index < -0.39 is 10.0 Å². The van der Waals surface area contributed by atoms with Gasteiger partial charge in [-0.05, 0) is 18.4 Å². The minimum atomic E-state index is -3.57. The maximum absolute atomic E-state index is 11.9. The van der Waals surface area contributed by atoms with Gasteiger partial charge in [0.25, 0.3) is 0 Å². The Hall–Kier alpha value is -1.86. The quantitative estimate of drug-likeness (QED) is 0.684. The van der Waals surface area contributed by atoms with Crippen molar-refractivity contribution < 1.29 is 8.42 Å². The van der Waals surface area contributed by atoms with Crippen LogP contribution >= 0.6 is 0 Å². The maximum Gasteiger partial charge on any atom is 0.245 e. The molecule has 0 unspecified atom stereocenters. The van der Waals surface area contributed by atoms with Gasteiger partial charge in [0.2, 0.25) is 10.0 Å². The third-order valence-electron chi connectivity index (χ3n) is 2.70. The van der Waals surface area contributed by atoms with Crippen LogP contribution in [0.2, 0.25) is 0 Å². The zero-order chi connectivity index (χ0) is 13.7. The first kappa shape index (κ1) is 13.6. The standard InChI is InChI=1S/C12H16N4O2S/c13-12-11(9-14-16-12)19(17,18)15-8-4-7-10-5-2-1-3-6-10/h1-3,5-6,9,15H,4,7-8H2,(H3,13,14,16). The summed E-state index contributed by atoms with van der Waals surface area (Å²) >= 11 is 0. The van der Waals surface area contributed by atoms with Gasteiger partial charge < -0.3 is 5.73 Å². The van der Waals surface area contributed by atoms with Crippen LogP contribution in [0.3, 0.4) is 0 Å². The number of aromatic amines is 1. The third-order valence-corrected chi connectivity index (χ3v) is 4.19. The minimum absolute atomic E-state index is 0.00721. The number of anilines is 1. The number of hydrogen-bond donors (Lipinski definition) is 3. The van der Waals surface area contributed by atoms with Crippen molar-refractivity contribution in [2.24, 2.45) is 0 Å². The highest BCUT2D eigenvalue weighted by atomic mass is 32.2. The predicted molar refractivity (Wildman–Crippen MR) is 73.0 cm³/mol. The van der Waals surface area contributed by atoms with Crippen molar-refractivity contribution in [1.82, 2.24) is 14.9 Å². The summed E-state index contributed by atoms with van der Waals surface area (Å²) in [6.45, 7) is 0.363. The molecule has 1 aromatic heterocycles. The molecule has 0 saturated carbocycles. The average molecular weight is 280 g/mol. The largest absolute Gasteiger partial charge is 0.383 e. The van der Waals surface area contributed by atoms with E-state index in [1.165, 1.54) is 11.8 Å². The molecule has 0 aliphatic heterocycles. The lowest BCUT2D eigenvalue weighted by Gasteiger charge is -2.05. The summed E-state index contributed by atoms with van der Waals surface area (Å²) in [5.41, 5.74) is 6.67.